The van der Waals surface area contributed by atoms with Crippen molar-refractivity contribution in [2.24, 2.45) is 0 Å². The molecular weight excluding hydrogens is 231 g/mol. The van der Waals surface area contributed by atoms with Gasteiger partial charge in [-0.25, -0.2) is 4.39 Å². The van der Waals surface area contributed by atoms with Crippen LogP contribution in [0.5, 0.6) is 0 Å². The molecule has 1 aromatic rings. The molecule has 1 aliphatic rings. The van der Waals surface area contributed by atoms with Gasteiger partial charge in [0.1, 0.15) is 11.9 Å². The van der Waals surface area contributed by atoms with Gasteiger partial charge >= 0.3 is 0 Å². The van der Waals surface area contributed by atoms with E-state index in [0.717, 1.165) is 31.2 Å². The molecule has 1 unspecified atom stereocenters. The number of aliphatic hydroxyl groups excluding tert-OH is 1. The Labute approximate surface area is 108 Å². The van der Waals surface area contributed by atoms with Crippen molar-refractivity contribution in [3.63, 3.8) is 0 Å². The van der Waals surface area contributed by atoms with Crippen molar-refractivity contribution in [2.75, 3.05) is 6.61 Å². The summed E-state index contributed by atoms with van der Waals surface area (Å²) in [6.07, 6.45) is 3.07. The molecule has 1 aromatic carbocycles. The van der Waals surface area contributed by atoms with Crippen LogP contribution in [0.15, 0.2) is 18.2 Å². The van der Waals surface area contributed by atoms with E-state index in [-0.39, 0.29) is 5.82 Å². The number of hydrogen-bond donors (Lipinski definition) is 1. The van der Waals surface area contributed by atoms with E-state index in [4.69, 9.17) is 4.74 Å². The minimum absolute atomic E-state index is 0.298. The molecule has 0 radical (unpaired) electrons. The first-order valence-corrected chi connectivity index (χ1v) is 6.66. The fourth-order valence-electron chi connectivity index (χ4n) is 2.98. The van der Waals surface area contributed by atoms with Gasteiger partial charge in [-0.1, -0.05) is 18.9 Å². The van der Waals surface area contributed by atoms with Crippen molar-refractivity contribution < 1.29 is 14.2 Å². The van der Waals surface area contributed by atoms with E-state index in [0.29, 0.717) is 12.2 Å². The van der Waals surface area contributed by atoms with Crippen LogP contribution in [0.1, 0.15) is 49.8 Å². The Morgan fingerprint density at radius 1 is 1.33 bits per heavy atom. The zero-order valence-electron chi connectivity index (χ0n) is 11.1. The Kier molecular flexibility index (Phi) is 4.03. The maximum absolute atomic E-state index is 13.4. The Hall–Kier alpha value is -0.930. The van der Waals surface area contributed by atoms with Crippen LogP contribution >= 0.6 is 0 Å². The molecule has 0 heterocycles. The molecule has 0 spiro atoms. The Morgan fingerprint density at radius 2 is 2.00 bits per heavy atom. The summed E-state index contributed by atoms with van der Waals surface area (Å²) >= 11 is 0. The molecule has 0 aliphatic heterocycles. The Balaban J connectivity index is 2.30. The lowest BCUT2D eigenvalue weighted by Gasteiger charge is -2.34. The first-order valence-electron chi connectivity index (χ1n) is 6.66. The molecule has 3 heteroatoms. The summed E-state index contributed by atoms with van der Waals surface area (Å²) < 4.78 is 19.2. The van der Waals surface area contributed by atoms with Gasteiger partial charge in [-0.15, -0.1) is 0 Å². The summed E-state index contributed by atoms with van der Waals surface area (Å²) in [6, 6.07) is 4.72. The number of benzene rings is 1. The molecule has 0 bridgehead atoms. The van der Waals surface area contributed by atoms with Crippen LogP contribution in [-0.4, -0.2) is 17.3 Å². The first kappa shape index (κ1) is 13.5. The lowest BCUT2D eigenvalue weighted by Crippen LogP contribution is -2.36. The molecule has 2 rings (SSSR count). The second-order valence-electron chi connectivity index (χ2n) is 5.17. The summed E-state index contributed by atoms with van der Waals surface area (Å²) in [5.74, 6) is -0.298. The fraction of sp³-hybridized carbons (Fsp3) is 0.600. The van der Waals surface area contributed by atoms with Crippen molar-refractivity contribution in [2.45, 2.75) is 51.2 Å². The average molecular weight is 252 g/mol. The predicted octanol–water partition coefficient (Wildman–Crippen LogP) is 3.52. The number of hydrogen-bond acceptors (Lipinski definition) is 2. The second kappa shape index (κ2) is 5.37. The van der Waals surface area contributed by atoms with Crippen LogP contribution in [0.2, 0.25) is 0 Å². The molecule has 1 fully saturated rings. The van der Waals surface area contributed by atoms with Gasteiger partial charge in [0.2, 0.25) is 0 Å². The van der Waals surface area contributed by atoms with Gasteiger partial charge in [-0.05, 0) is 49.9 Å². The number of ether oxygens (including phenoxy) is 1. The third-order valence-corrected chi connectivity index (χ3v) is 3.76. The minimum Gasteiger partial charge on any atom is -0.385 e. The zero-order chi connectivity index (χ0) is 13.2. The number of aryl methyl sites for hydroxylation is 1. The molecule has 0 aromatic heterocycles. The topological polar surface area (TPSA) is 29.5 Å². The van der Waals surface area contributed by atoms with Gasteiger partial charge in [0.25, 0.3) is 0 Å². The van der Waals surface area contributed by atoms with Gasteiger partial charge in [-0.2, -0.15) is 0 Å². The maximum Gasteiger partial charge on any atom is 0.123 e. The number of rotatable bonds is 4. The molecule has 0 saturated heterocycles. The summed E-state index contributed by atoms with van der Waals surface area (Å²) in [5, 5.41) is 10.6. The van der Waals surface area contributed by atoms with Gasteiger partial charge in [-0.3, -0.25) is 0 Å². The van der Waals surface area contributed by atoms with Crippen molar-refractivity contribution in [1.29, 1.82) is 0 Å². The SMILES string of the molecule is CCOC1(C(O)c2cc(C)cc(F)c2)CCCC1. The van der Waals surface area contributed by atoms with E-state index in [1.165, 1.54) is 12.1 Å². The fourth-order valence-corrected chi connectivity index (χ4v) is 2.98. The smallest absolute Gasteiger partial charge is 0.123 e. The van der Waals surface area contributed by atoms with Gasteiger partial charge in [0.15, 0.2) is 0 Å². The monoisotopic (exact) mass is 252 g/mol. The van der Waals surface area contributed by atoms with E-state index < -0.39 is 11.7 Å². The molecule has 2 nitrogen and oxygen atoms in total. The van der Waals surface area contributed by atoms with Crippen LogP contribution in [0, 0.1) is 12.7 Å². The minimum atomic E-state index is -0.741. The Bertz CT molecular complexity index is 391. The molecule has 1 atom stereocenters. The van der Waals surface area contributed by atoms with Crippen LogP contribution < -0.4 is 0 Å². The van der Waals surface area contributed by atoms with Crippen molar-refractivity contribution in [3.8, 4) is 0 Å². The summed E-state index contributed by atoms with van der Waals surface area (Å²) in [7, 11) is 0. The van der Waals surface area contributed by atoms with E-state index in [1.807, 2.05) is 19.9 Å². The summed E-state index contributed by atoms with van der Waals surface area (Å²) in [5.41, 5.74) is 0.936. The quantitative estimate of drug-likeness (QED) is 0.888. The largest absolute Gasteiger partial charge is 0.385 e. The van der Waals surface area contributed by atoms with Crippen LogP contribution in [0.3, 0.4) is 0 Å². The van der Waals surface area contributed by atoms with Crippen molar-refractivity contribution >= 4 is 0 Å². The highest BCUT2D eigenvalue weighted by atomic mass is 19.1. The lowest BCUT2D eigenvalue weighted by atomic mass is 9.88. The van der Waals surface area contributed by atoms with E-state index >= 15 is 0 Å². The Morgan fingerprint density at radius 3 is 2.56 bits per heavy atom. The highest BCUT2D eigenvalue weighted by Crippen LogP contribution is 2.43. The molecule has 18 heavy (non-hydrogen) atoms. The van der Waals surface area contributed by atoms with Crippen LogP contribution in [-0.2, 0) is 4.74 Å². The van der Waals surface area contributed by atoms with Crippen LogP contribution in [0.4, 0.5) is 4.39 Å². The predicted molar refractivity (Wildman–Crippen MR) is 68.9 cm³/mol. The number of halogens is 1. The molecule has 1 N–H and O–H groups in total. The second-order valence-corrected chi connectivity index (χ2v) is 5.17. The summed E-state index contributed by atoms with van der Waals surface area (Å²) in [4.78, 5) is 0. The van der Waals surface area contributed by atoms with Crippen LogP contribution in [0.25, 0.3) is 0 Å². The van der Waals surface area contributed by atoms with Crippen molar-refractivity contribution in [1.82, 2.24) is 0 Å². The average Bonchev–Trinajstić information content (AvgIpc) is 2.77. The third-order valence-electron chi connectivity index (χ3n) is 3.76. The molecule has 1 aliphatic carbocycles. The molecule has 0 amide bonds. The van der Waals surface area contributed by atoms with Gasteiger partial charge in [0.05, 0.1) is 5.60 Å². The lowest BCUT2D eigenvalue weighted by molar-refractivity contribution is -0.118. The van der Waals surface area contributed by atoms with E-state index in [1.54, 1.807) is 0 Å². The van der Waals surface area contributed by atoms with E-state index in [2.05, 4.69) is 0 Å². The maximum atomic E-state index is 13.4. The third kappa shape index (κ3) is 2.57. The highest BCUT2D eigenvalue weighted by molar-refractivity contribution is 5.27. The first-order chi connectivity index (χ1) is 8.57. The molecule has 100 valence electrons. The van der Waals surface area contributed by atoms with E-state index in [9.17, 15) is 9.50 Å². The summed E-state index contributed by atoms with van der Waals surface area (Å²) in [6.45, 7) is 4.34. The van der Waals surface area contributed by atoms with Crippen molar-refractivity contribution in [3.05, 3.63) is 35.1 Å². The number of aliphatic hydroxyl groups is 1. The highest BCUT2D eigenvalue weighted by Gasteiger charge is 2.42. The standard InChI is InChI=1S/C15H21FO2/c1-3-18-15(6-4-5-7-15)14(17)12-8-11(2)9-13(16)10-12/h8-10,14,17H,3-7H2,1-2H3. The normalized spacial score (nSPS) is 20.0. The zero-order valence-corrected chi connectivity index (χ0v) is 11.1. The van der Waals surface area contributed by atoms with Gasteiger partial charge < -0.3 is 9.84 Å². The molecule has 1 saturated carbocycles. The van der Waals surface area contributed by atoms with Gasteiger partial charge in [0, 0.05) is 6.61 Å². The molecular formula is C15H21FO2.